The fraction of sp³-hybridized carbons (Fsp3) is 0.625. The number of hydrogen-bond acceptors (Lipinski definition) is 2. The highest BCUT2D eigenvalue weighted by Gasteiger charge is 2.10. The van der Waals surface area contributed by atoms with Crippen molar-refractivity contribution in [3.8, 4) is 0 Å². The van der Waals surface area contributed by atoms with Crippen LogP contribution in [0.5, 0.6) is 0 Å². The standard InChI is InChI=1S/C8H13ClN2O/c1-3-11-7(4-5-12)8(9)6(2)10-11/h12H,3-5H2,1-2H3. The lowest BCUT2D eigenvalue weighted by atomic mass is 10.3. The van der Waals surface area contributed by atoms with Gasteiger partial charge in [0.1, 0.15) is 0 Å². The maximum absolute atomic E-state index is 8.77. The van der Waals surface area contributed by atoms with Gasteiger partial charge in [0.05, 0.1) is 16.4 Å². The van der Waals surface area contributed by atoms with E-state index in [4.69, 9.17) is 16.7 Å². The van der Waals surface area contributed by atoms with Crippen molar-refractivity contribution in [3.05, 3.63) is 16.4 Å². The third kappa shape index (κ3) is 1.62. The number of aromatic nitrogens is 2. The Hall–Kier alpha value is -0.540. The number of aliphatic hydroxyl groups excluding tert-OH is 1. The monoisotopic (exact) mass is 188 g/mol. The van der Waals surface area contributed by atoms with Crippen molar-refractivity contribution in [1.29, 1.82) is 0 Å². The highest BCUT2D eigenvalue weighted by Crippen LogP contribution is 2.20. The first-order valence-corrected chi connectivity index (χ1v) is 4.41. The first-order chi connectivity index (χ1) is 5.70. The van der Waals surface area contributed by atoms with Gasteiger partial charge in [-0.2, -0.15) is 5.10 Å². The molecule has 1 heterocycles. The van der Waals surface area contributed by atoms with Crippen LogP contribution in [0, 0.1) is 6.92 Å². The van der Waals surface area contributed by atoms with E-state index in [0.29, 0.717) is 11.4 Å². The van der Waals surface area contributed by atoms with Crippen molar-refractivity contribution in [2.24, 2.45) is 0 Å². The highest BCUT2D eigenvalue weighted by molar-refractivity contribution is 6.31. The quantitative estimate of drug-likeness (QED) is 0.779. The van der Waals surface area contributed by atoms with Crippen molar-refractivity contribution in [3.63, 3.8) is 0 Å². The van der Waals surface area contributed by atoms with E-state index in [1.54, 1.807) is 0 Å². The maximum Gasteiger partial charge on any atom is 0.0847 e. The van der Waals surface area contributed by atoms with Crippen molar-refractivity contribution >= 4 is 11.6 Å². The first-order valence-electron chi connectivity index (χ1n) is 4.03. The Bertz CT molecular complexity index is 270. The summed E-state index contributed by atoms with van der Waals surface area (Å²) < 4.78 is 1.83. The molecule has 0 aliphatic heterocycles. The number of halogens is 1. The van der Waals surface area contributed by atoms with Crippen LogP contribution in [0.25, 0.3) is 0 Å². The van der Waals surface area contributed by atoms with E-state index < -0.39 is 0 Å². The van der Waals surface area contributed by atoms with Crippen LogP contribution in [-0.4, -0.2) is 21.5 Å². The third-order valence-corrected chi connectivity index (χ3v) is 2.29. The van der Waals surface area contributed by atoms with Crippen molar-refractivity contribution in [1.82, 2.24) is 9.78 Å². The fourth-order valence-corrected chi connectivity index (χ4v) is 1.44. The normalized spacial score (nSPS) is 10.7. The number of aliphatic hydroxyl groups is 1. The zero-order valence-electron chi connectivity index (χ0n) is 7.34. The Balaban J connectivity index is 3.03. The Labute approximate surface area is 77.0 Å². The second kappa shape index (κ2) is 3.92. The molecule has 1 aromatic heterocycles. The van der Waals surface area contributed by atoms with E-state index in [1.807, 2.05) is 18.5 Å². The maximum atomic E-state index is 8.77. The van der Waals surface area contributed by atoms with Crippen molar-refractivity contribution in [2.45, 2.75) is 26.8 Å². The molecule has 4 heteroatoms. The molecule has 0 saturated heterocycles. The van der Waals surface area contributed by atoms with Gasteiger partial charge in [-0.1, -0.05) is 11.6 Å². The van der Waals surface area contributed by atoms with Crippen LogP contribution < -0.4 is 0 Å². The SMILES string of the molecule is CCn1nc(C)c(Cl)c1CCO. The van der Waals surface area contributed by atoms with Gasteiger partial charge in [0, 0.05) is 19.6 Å². The zero-order valence-corrected chi connectivity index (χ0v) is 8.10. The lowest BCUT2D eigenvalue weighted by Gasteiger charge is -2.01. The Morgan fingerprint density at radius 3 is 2.75 bits per heavy atom. The average Bonchev–Trinajstić information content (AvgIpc) is 2.33. The molecule has 0 unspecified atom stereocenters. The summed E-state index contributed by atoms with van der Waals surface area (Å²) in [5, 5.41) is 13.7. The minimum Gasteiger partial charge on any atom is -0.396 e. The van der Waals surface area contributed by atoms with Gasteiger partial charge in [-0.15, -0.1) is 0 Å². The van der Waals surface area contributed by atoms with E-state index in [9.17, 15) is 0 Å². The highest BCUT2D eigenvalue weighted by atomic mass is 35.5. The third-order valence-electron chi connectivity index (χ3n) is 1.80. The molecule has 0 aliphatic carbocycles. The molecular weight excluding hydrogens is 176 g/mol. The predicted molar refractivity (Wildman–Crippen MR) is 48.4 cm³/mol. The molecule has 0 amide bonds. The molecule has 0 spiro atoms. The van der Waals surface area contributed by atoms with Gasteiger partial charge in [0.2, 0.25) is 0 Å². The molecule has 0 fully saturated rings. The molecule has 0 atom stereocenters. The summed E-state index contributed by atoms with van der Waals surface area (Å²) in [4.78, 5) is 0. The van der Waals surface area contributed by atoms with Crippen LogP contribution in [0.4, 0.5) is 0 Å². The molecule has 0 aromatic carbocycles. The fourth-order valence-electron chi connectivity index (χ4n) is 1.21. The molecule has 68 valence electrons. The average molecular weight is 189 g/mol. The minimum atomic E-state index is 0.116. The van der Waals surface area contributed by atoms with Crippen LogP contribution in [0.2, 0.25) is 5.02 Å². The molecular formula is C8H13ClN2O. The van der Waals surface area contributed by atoms with Crippen LogP contribution in [0.3, 0.4) is 0 Å². The lowest BCUT2D eigenvalue weighted by molar-refractivity contribution is 0.295. The van der Waals surface area contributed by atoms with Crippen LogP contribution in [0.1, 0.15) is 18.3 Å². The summed E-state index contributed by atoms with van der Waals surface area (Å²) in [5.74, 6) is 0. The van der Waals surface area contributed by atoms with Gasteiger partial charge in [0.15, 0.2) is 0 Å². The summed E-state index contributed by atoms with van der Waals surface area (Å²) in [5.41, 5.74) is 1.76. The Morgan fingerprint density at radius 2 is 2.25 bits per heavy atom. The van der Waals surface area contributed by atoms with Crippen molar-refractivity contribution in [2.75, 3.05) is 6.61 Å². The van der Waals surface area contributed by atoms with Crippen LogP contribution in [-0.2, 0) is 13.0 Å². The molecule has 12 heavy (non-hydrogen) atoms. The van der Waals surface area contributed by atoms with Gasteiger partial charge in [0.25, 0.3) is 0 Å². The number of nitrogens with zero attached hydrogens (tertiary/aromatic N) is 2. The van der Waals surface area contributed by atoms with E-state index in [2.05, 4.69) is 5.10 Å². The van der Waals surface area contributed by atoms with E-state index >= 15 is 0 Å². The largest absolute Gasteiger partial charge is 0.396 e. The molecule has 0 aliphatic rings. The second-order valence-corrected chi connectivity index (χ2v) is 3.01. The van der Waals surface area contributed by atoms with Gasteiger partial charge >= 0.3 is 0 Å². The lowest BCUT2D eigenvalue weighted by Crippen LogP contribution is -2.04. The van der Waals surface area contributed by atoms with Gasteiger partial charge in [-0.25, -0.2) is 0 Å². The molecule has 1 rings (SSSR count). The summed E-state index contributed by atoms with van der Waals surface area (Å²) in [6, 6.07) is 0. The molecule has 3 nitrogen and oxygen atoms in total. The van der Waals surface area contributed by atoms with Gasteiger partial charge < -0.3 is 5.11 Å². The van der Waals surface area contributed by atoms with E-state index in [0.717, 1.165) is 17.9 Å². The first kappa shape index (κ1) is 9.55. The molecule has 1 N–H and O–H groups in total. The zero-order chi connectivity index (χ0) is 9.14. The topological polar surface area (TPSA) is 38.0 Å². The van der Waals surface area contributed by atoms with Gasteiger partial charge in [-0.3, -0.25) is 4.68 Å². The van der Waals surface area contributed by atoms with E-state index in [1.165, 1.54) is 0 Å². The number of hydrogen-bond donors (Lipinski definition) is 1. The predicted octanol–water partition coefficient (Wildman–Crippen LogP) is 1.40. The van der Waals surface area contributed by atoms with E-state index in [-0.39, 0.29) is 6.61 Å². The molecule has 0 radical (unpaired) electrons. The summed E-state index contributed by atoms with van der Waals surface area (Å²) >= 11 is 5.98. The van der Waals surface area contributed by atoms with Crippen molar-refractivity contribution < 1.29 is 5.11 Å². The van der Waals surface area contributed by atoms with Crippen LogP contribution in [0.15, 0.2) is 0 Å². The summed E-state index contributed by atoms with van der Waals surface area (Å²) in [6.07, 6.45) is 0.577. The smallest absolute Gasteiger partial charge is 0.0847 e. The Kier molecular flexibility index (Phi) is 3.12. The number of aryl methyl sites for hydroxylation is 2. The molecule has 0 bridgehead atoms. The summed E-state index contributed by atoms with van der Waals surface area (Å²) in [7, 11) is 0. The minimum absolute atomic E-state index is 0.116. The van der Waals surface area contributed by atoms with Gasteiger partial charge in [-0.05, 0) is 13.8 Å². The Morgan fingerprint density at radius 1 is 1.58 bits per heavy atom. The summed E-state index contributed by atoms with van der Waals surface area (Å²) in [6.45, 7) is 4.78. The van der Waals surface area contributed by atoms with Crippen LogP contribution >= 0.6 is 11.6 Å². The molecule has 1 aromatic rings. The molecule has 0 saturated carbocycles. The second-order valence-electron chi connectivity index (χ2n) is 2.64. The number of rotatable bonds is 3.